The summed E-state index contributed by atoms with van der Waals surface area (Å²) in [5.41, 5.74) is 8.22. The van der Waals surface area contributed by atoms with E-state index >= 15 is 0 Å². The number of rotatable bonds is 5. The van der Waals surface area contributed by atoms with Crippen molar-refractivity contribution in [2.24, 2.45) is 0 Å². The summed E-state index contributed by atoms with van der Waals surface area (Å²) in [7, 11) is 0. The fourth-order valence-electron chi connectivity index (χ4n) is 3.34. The molecule has 4 rings (SSSR count). The van der Waals surface area contributed by atoms with Crippen LogP contribution in [0.15, 0.2) is 97.1 Å². The second-order valence-corrected chi connectivity index (χ2v) is 7.92. The van der Waals surface area contributed by atoms with Crippen LogP contribution in [0.5, 0.6) is 0 Å². The van der Waals surface area contributed by atoms with Crippen molar-refractivity contribution < 1.29 is 0 Å². The van der Waals surface area contributed by atoms with Crippen LogP contribution in [0.25, 0.3) is 12.2 Å². The van der Waals surface area contributed by atoms with Crippen molar-refractivity contribution in [3.8, 4) is 0 Å². The molecular weight excluding hydrogens is 386 g/mol. The van der Waals surface area contributed by atoms with E-state index in [0.717, 1.165) is 33.2 Å². The van der Waals surface area contributed by atoms with Gasteiger partial charge in [0.1, 0.15) is 0 Å². The van der Waals surface area contributed by atoms with E-state index < -0.39 is 0 Å². The molecule has 0 bridgehead atoms. The van der Waals surface area contributed by atoms with Crippen LogP contribution < -0.4 is 4.90 Å². The molecule has 0 aromatic heterocycles. The molecule has 0 spiro atoms. The van der Waals surface area contributed by atoms with Crippen LogP contribution in [0.1, 0.15) is 22.3 Å². The summed E-state index contributed by atoms with van der Waals surface area (Å²) < 4.78 is 0. The third-order valence-electron chi connectivity index (χ3n) is 5.07. The van der Waals surface area contributed by atoms with E-state index in [-0.39, 0.29) is 0 Å². The highest BCUT2D eigenvalue weighted by Gasteiger charge is 2.12. The highest BCUT2D eigenvalue weighted by molar-refractivity contribution is 6.30. The Bertz CT molecular complexity index is 1080. The highest BCUT2D eigenvalue weighted by Crippen LogP contribution is 2.34. The van der Waals surface area contributed by atoms with Crippen molar-refractivity contribution >= 4 is 40.8 Å². The lowest BCUT2D eigenvalue weighted by Gasteiger charge is -2.25. The van der Waals surface area contributed by atoms with Crippen molar-refractivity contribution in [3.05, 3.63) is 124 Å². The van der Waals surface area contributed by atoms with E-state index in [1.807, 2.05) is 24.3 Å². The molecule has 0 fully saturated rings. The molecule has 1 nitrogen and oxygen atoms in total. The standard InChI is InChI=1S/C28H24ClN/c1-21-3-15-26(16-4-21)30(27-17-5-22(2)6-18-27)28-19-11-24(12-20-28)8-7-23-9-13-25(29)14-10-23/h3-20H,1-2H3/b8-7+. The van der Waals surface area contributed by atoms with Gasteiger partial charge in [-0.15, -0.1) is 0 Å². The number of hydrogen-bond donors (Lipinski definition) is 0. The first kappa shape index (κ1) is 20.0. The monoisotopic (exact) mass is 409 g/mol. The number of halogens is 1. The minimum absolute atomic E-state index is 0.754. The molecule has 0 unspecified atom stereocenters. The molecule has 0 aliphatic heterocycles. The molecule has 0 radical (unpaired) electrons. The molecule has 0 aliphatic rings. The Balaban J connectivity index is 1.64. The second-order valence-electron chi connectivity index (χ2n) is 7.48. The Kier molecular flexibility index (Phi) is 6.02. The van der Waals surface area contributed by atoms with Crippen LogP contribution >= 0.6 is 11.6 Å². The molecule has 4 aromatic carbocycles. The molecule has 0 saturated heterocycles. The van der Waals surface area contributed by atoms with Crippen molar-refractivity contribution in [1.29, 1.82) is 0 Å². The molecular formula is C28H24ClN. The Labute approximate surface area is 183 Å². The Hall–Kier alpha value is -3.29. The van der Waals surface area contributed by atoms with Gasteiger partial charge in [-0.25, -0.2) is 0 Å². The van der Waals surface area contributed by atoms with Gasteiger partial charge in [0.25, 0.3) is 0 Å². The summed E-state index contributed by atoms with van der Waals surface area (Å²) in [6.07, 6.45) is 4.22. The SMILES string of the molecule is Cc1ccc(N(c2ccc(C)cc2)c2ccc(/C=C/c3ccc(Cl)cc3)cc2)cc1. The van der Waals surface area contributed by atoms with Gasteiger partial charge in [-0.1, -0.05) is 83.4 Å². The third-order valence-corrected chi connectivity index (χ3v) is 5.33. The summed E-state index contributed by atoms with van der Waals surface area (Å²) in [6.45, 7) is 4.23. The van der Waals surface area contributed by atoms with E-state index in [9.17, 15) is 0 Å². The highest BCUT2D eigenvalue weighted by atomic mass is 35.5. The van der Waals surface area contributed by atoms with Gasteiger partial charge in [0.2, 0.25) is 0 Å². The van der Waals surface area contributed by atoms with Crippen LogP contribution in [0.4, 0.5) is 17.1 Å². The zero-order chi connectivity index (χ0) is 20.9. The summed E-state index contributed by atoms with van der Waals surface area (Å²) in [6, 6.07) is 33.8. The molecule has 4 aromatic rings. The molecule has 0 heterocycles. The number of aryl methyl sites for hydroxylation is 2. The van der Waals surface area contributed by atoms with Crippen molar-refractivity contribution in [1.82, 2.24) is 0 Å². The van der Waals surface area contributed by atoms with E-state index in [1.165, 1.54) is 11.1 Å². The first-order chi connectivity index (χ1) is 14.6. The fourth-order valence-corrected chi connectivity index (χ4v) is 3.46. The zero-order valence-corrected chi connectivity index (χ0v) is 18.0. The lowest BCUT2D eigenvalue weighted by Crippen LogP contribution is -2.09. The topological polar surface area (TPSA) is 3.24 Å². The van der Waals surface area contributed by atoms with E-state index in [2.05, 4.69) is 104 Å². The first-order valence-electron chi connectivity index (χ1n) is 10.1. The fraction of sp³-hybridized carbons (Fsp3) is 0.0714. The minimum atomic E-state index is 0.754. The lowest BCUT2D eigenvalue weighted by molar-refractivity contribution is 1.27. The Morgan fingerprint density at radius 2 is 0.833 bits per heavy atom. The predicted octanol–water partition coefficient (Wildman–Crippen LogP) is 8.60. The maximum Gasteiger partial charge on any atom is 0.0462 e. The van der Waals surface area contributed by atoms with Gasteiger partial charge in [-0.2, -0.15) is 0 Å². The number of hydrogen-bond acceptors (Lipinski definition) is 1. The molecule has 2 heteroatoms. The van der Waals surface area contributed by atoms with Gasteiger partial charge in [-0.3, -0.25) is 0 Å². The van der Waals surface area contributed by atoms with Gasteiger partial charge >= 0.3 is 0 Å². The Morgan fingerprint density at radius 1 is 0.500 bits per heavy atom. The molecule has 30 heavy (non-hydrogen) atoms. The first-order valence-corrected chi connectivity index (χ1v) is 10.4. The van der Waals surface area contributed by atoms with Gasteiger partial charge in [0.05, 0.1) is 0 Å². The van der Waals surface area contributed by atoms with Crippen LogP contribution in [0.3, 0.4) is 0 Å². The number of nitrogens with zero attached hydrogens (tertiary/aromatic N) is 1. The second kappa shape index (κ2) is 9.02. The van der Waals surface area contributed by atoms with Crippen LogP contribution in [-0.4, -0.2) is 0 Å². The zero-order valence-electron chi connectivity index (χ0n) is 17.2. The van der Waals surface area contributed by atoms with Crippen LogP contribution in [-0.2, 0) is 0 Å². The molecule has 0 aliphatic carbocycles. The number of benzene rings is 4. The quantitative estimate of drug-likeness (QED) is 0.298. The maximum absolute atomic E-state index is 5.97. The average Bonchev–Trinajstić information content (AvgIpc) is 2.77. The molecule has 0 N–H and O–H groups in total. The summed E-state index contributed by atoms with van der Waals surface area (Å²) in [4.78, 5) is 2.28. The summed E-state index contributed by atoms with van der Waals surface area (Å²) in [5, 5.41) is 0.754. The Morgan fingerprint density at radius 3 is 1.23 bits per heavy atom. The smallest absolute Gasteiger partial charge is 0.0462 e. The molecule has 148 valence electrons. The van der Waals surface area contributed by atoms with E-state index in [0.29, 0.717) is 0 Å². The maximum atomic E-state index is 5.97. The lowest BCUT2D eigenvalue weighted by atomic mass is 10.1. The van der Waals surface area contributed by atoms with Crippen molar-refractivity contribution in [2.45, 2.75) is 13.8 Å². The predicted molar refractivity (Wildman–Crippen MR) is 131 cm³/mol. The van der Waals surface area contributed by atoms with Crippen molar-refractivity contribution in [2.75, 3.05) is 4.90 Å². The van der Waals surface area contributed by atoms with Gasteiger partial charge in [0.15, 0.2) is 0 Å². The van der Waals surface area contributed by atoms with Crippen molar-refractivity contribution in [3.63, 3.8) is 0 Å². The van der Waals surface area contributed by atoms with E-state index in [4.69, 9.17) is 11.6 Å². The van der Waals surface area contributed by atoms with Gasteiger partial charge in [0, 0.05) is 22.1 Å². The molecule has 0 atom stereocenters. The van der Waals surface area contributed by atoms with Gasteiger partial charge in [-0.05, 0) is 73.5 Å². The molecule has 0 saturated carbocycles. The molecule has 0 amide bonds. The van der Waals surface area contributed by atoms with Gasteiger partial charge < -0.3 is 4.90 Å². The minimum Gasteiger partial charge on any atom is -0.311 e. The third kappa shape index (κ3) is 4.82. The van der Waals surface area contributed by atoms with Crippen LogP contribution in [0, 0.1) is 13.8 Å². The normalized spacial score (nSPS) is 11.0. The average molecular weight is 410 g/mol. The van der Waals surface area contributed by atoms with Crippen LogP contribution in [0.2, 0.25) is 5.02 Å². The van der Waals surface area contributed by atoms with E-state index in [1.54, 1.807) is 0 Å². The largest absolute Gasteiger partial charge is 0.311 e. The summed E-state index contributed by atoms with van der Waals surface area (Å²) in [5.74, 6) is 0. The summed E-state index contributed by atoms with van der Waals surface area (Å²) >= 11 is 5.97. The number of anilines is 3.